The van der Waals surface area contributed by atoms with Crippen LogP contribution < -0.4 is 5.32 Å². The fourth-order valence-corrected chi connectivity index (χ4v) is 2.41. The second-order valence-electron chi connectivity index (χ2n) is 4.92. The van der Waals surface area contributed by atoms with Gasteiger partial charge >= 0.3 is 12.1 Å². The molecule has 1 amide bonds. The molecule has 18 heavy (non-hydrogen) atoms. The van der Waals surface area contributed by atoms with Crippen LogP contribution in [0.1, 0.15) is 41.6 Å². The number of rotatable bonds is 2. The first-order valence-corrected chi connectivity index (χ1v) is 6.26. The monoisotopic (exact) mass is 271 g/mol. The van der Waals surface area contributed by atoms with E-state index >= 15 is 0 Å². The van der Waals surface area contributed by atoms with Crippen LogP contribution in [0.2, 0.25) is 0 Å². The van der Waals surface area contributed by atoms with Crippen LogP contribution in [-0.2, 0) is 4.74 Å². The van der Waals surface area contributed by atoms with Gasteiger partial charge in [0, 0.05) is 4.88 Å². The number of carbonyl (C=O) groups is 2. The fourth-order valence-electron chi connectivity index (χ4n) is 1.37. The topological polar surface area (TPSA) is 75.6 Å². The summed E-state index contributed by atoms with van der Waals surface area (Å²) in [6.07, 6.45) is -0.647. The van der Waals surface area contributed by atoms with E-state index in [1.54, 1.807) is 27.7 Å². The number of hydrogen-bond donors (Lipinski definition) is 2. The minimum Gasteiger partial charge on any atom is -0.478 e. The van der Waals surface area contributed by atoms with Crippen LogP contribution in [0.15, 0.2) is 0 Å². The predicted molar refractivity (Wildman–Crippen MR) is 70.6 cm³/mol. The van der Waals surface area contributed by atoms with Gasteiger partial charge in [0.15, 0.2) is 0 Å². The van der Waals surface area contributed by atoms with Crippen molar-refractivity contribution in [2.24, 2.45) is 0 Å². The van der Waals surface area contributed by atoms with Gasteiger partial charge in [0.2, 0.25) is 0 Å². The third-order valence-corrected chi connectivity index (χ3v) is 3.34. The van der Waals surface area contributed by atoms with Crippen molar-refractivity contribution >= 4 is 28.4 Å². The summed E-state index contributed by atoms with van der Waals surface area (Å²) in [5.74, 6) is -1.05. The molecule has 0 aliphatic heterocycles. The molecule has 0 fully saturated rings. The van der Waals surface area contributed by atoms with E-state index in [0.29, 0.717) is 10.6 Å². The van der Waals surface area contributed by atoms with Crippen molar-refractivity contribution in [1.29, 1.82) is 0 Å². The number of ether oxygens (including phenoxy) is 1. The van der Waals surface area contributed by atoms with Crippen molar-refractivity contribution in [3.05, 3.63) is 16.0 Å². The number of aromatic carboxylic acids is 1. The van der Waals surface area contributed by atoms with Gasteiger partial charge in [-0.15, -0.1) is 11.3 Å². The maximum atomic E-state index is 11.6. The average Bonchev–Trinajstić information content (AvgIpc) is 2.38. The standard InChI is InChI=1S/C12H17NO4S/c1-6-7(2)18-9(8(6)10(14)15)13-11(16)17-12(3,4)5/h1-5H3,(H,13,16)(H,14,15). The van der Waals surface area contributed by atoms with Crippen molar-refractivity contribution in [1.82, 2.24) is 0 Å². The van der Waals surface area contributed by atoms with Gasteiger partial charge in [-0.05, 0) is 40.2 Å². The molecule has 0 saturated carbocycles. The van der Waals surface area contributed by atoms with Crippen LogP contribution >= 0.6 is 11.3 Å². The normalized spacial score (nSPS) is 11.2. The molecule has 0 radical (unpaired) electrons. The summed E-state index contributed by atoms with van der Waals surface area (Å²) in [7, 11) is 0. The summed E-state index contributed by atoms with van der Waals surface area (Å²) in [5.41, 5.74) is 0.177. The number of aryl methyl sites for hydroxylation is 1. The van der Waals surface area contributed by atoms with Gasteiger partial charge in [0.1, 0.15) is 10.6 Å². The molecule has 1 aromatic rings. The lowest BCUT2D eigenvalue weighted by Crippen LogP contribution is -2.27. The minimum atomic E-state index is -1.05. The molecular weight excluding hydrogens is 254 g/mol. The maximum Gasteiger partial charge on any atom is 0.412 e. The number of nitrogens with one attached hydrogen (secondary N) is 1. The Balaban J connectivity index is 2.95. The lowest BCUT2D eigenvalue weighted by Gasteiger charge is -2.19. The van der Waals surface area contributed by atoms with Gasteiger partial charge in [-0.1, -0.05) is 0 Å². The highest BCUT2D eigenvalue weighted by atomic mass is 32.1. The van der Waals surface area contributed by atoms with E-state index in [4.69, 9.17) is 9.84 Å². The quantitative estimate of drug-likeness (QED) is 0.864. The van der Waals surface area contributed by atoms with E-state index in [0.717, 1.165) is 4.88 Å². The molecule has 2 N–H and O–H groups in total. The molecule has 1 aromatic heterocycles. The first-order valence-electron chi connectivity index (χ1n) is 5.45. The summed E-state index contributed by atoms with van der Waals surface area (Å²) in [5, 5.41) is 11.9. The van der Waals surface area contributed by atoms with Gasteiger partial charge in [0.25, 0.3) is 0 Å². The van der Waals surface area contributed by atoms with Gasteiger partial charge in [-0.2, -0.15) is 0 Å². The Morgan fingerprint density at radius 3 is 2.28 bits per heavy atom. The molecule has 0 unspecified atom stereocenters. The number of thiophene rings is 1. The van der Waals surface area contributed by atoms with Gasteiger partial charge in [-0.25, -0.2) is 9.59 Å². The Hall–Kier alpha value is -1.56. The number of carboxylic acid groups (broad SMARTS) is 1. The van der Waals surface area contributed by atoms with Crippen LogP contribution in [0.4, 0.5) is 9.80 Å². The van der Waals surface area contributed by atoms with Crippen molar-refractivity contribution < 1.29 is 19.4 Å². The molecule has 0 atom stereocenters. The molecule has 0 bridgehead atoms. The van der Waals surface area contributed by atoms with Gasteiger partial charge in [-0.3, -0.25) is 5.32 Å². The Labute approximate surface area is 110 Å². The first kappa shape index (κ1) is 14.5. The van der Waals surface area contributed by atoms with Crippen LogP contribution in [0.25, 0.3) is 0 Å². The van der Waals surface area contributed by atoms with E-state index in [1.807, 2.05) is 6.92 Å². The second kappa shape index (κ2) is 4.97. The largest absolute Gasteiger partial charge is 0.478 e. The first-order chi connectivity index (χ1) is 8.11. The predicted octanol–water partition coefficient (Wildman–Crippen LogP) is 3.41. The SMILES string of the molecule is Cc1sc(NC(=O)OC(C)(C)C)c(C(=O)O)c1C. The van der Waals surface area contributed by atoms with Crippen molar-refractivity contribution in [2.75, 3.05) is 5.32 Å². The highest BCUT2D eigenvalue weighted by molar-refractivity contribution is 7.16. The van der Waals surface area contributed by atoms with Crippen LogP contribution in [0.3, 0.4) is 0 Å². The fraction of sp³-hybridized carbons (Fsp3) is 0.500. The number of hydrogen-bond acceptors (Lipinski definition) is 4. The van der Waals surface area contributed by atoms with Gasteiger partial charge in [0.05, 0.1) is 5.56 Å². The molecule has 1 rings (SSSR count). The van der Waals surface area contributed by atoms with E-state index in [1.165, 1.54) is 11.3 Å². The average molecular weight is 271 g/mol. The number of anilines is 1. The Bertz CT molecular complexity index is 485. The maximum absolute atomic E-state index is 11.6. The number of carbonyl (C=O) groups excluding carboxylic acids is 1. The van der Waals surface area contributed by atoms with Crippen molar-refractivity contribution in [3.63, 3.8) is 0 Å². The molecule has 1 heterocycles. The minimum absolute atomic E-state index is 0.128. The van der Waals surface area contributed by atoms with Crippen LogP contribution in [-0.4, -0.2) is 22.8 Å². The van der Waals surface area contributed by atoms with E-state index in [9.17, 15) is 9.59 Å². The lowest BCUT2D eigenvalue weighted by molar-refractivity contribution is 0.0636. The van der Waals surface area contributed by atoms with Gasteiger partial charge < -0.3 is 9.84 Å². The zero-order chi connectivity index (χ0) is 14.1. The molecule has 100 valence electrons. The van der Waals surface area contributed by atoms with E-state index in [2.05, 4.69) is 5.32 Å². The number of carboxylic acids is 1. The van der Waals surface area contributed by atoms with Crippen LogP contribution in [0, 0.1) is 13.8 Å². The zero-order valence-corrected chi connectivity index (χ0v) is 11.9. The molecule has 0 aromatic carbocycles. The molecule has 0 spiro atoms. The van der Waals surface area contributed by atoms with E-state index in [-0.39, 0.29) is 5.56 Å². The highest BCUT2D eigenvalue weighted by Gasteiger charge is 2.22. The summed E-state index contributed by atoms with van der Waals surface area (Å²) in [6, 6.07) is 0. The molecular formula is C12H17NO4S. The highest BCUT2D eigenvalue weighted by Crippen LogP contribution is 2.32. The Morgan fingerprint density at radius 1 is 1.28 bits per heavy atom. The summed E-state index contributed by atoms with van der Waals surface area (Å²) >= 11 is 1.23. The lowest BCUT2D eigenvalue weighted by atomic mass is 10.1. The smallest absolute Gasteiger partial charge is 0.412 e. The molecule has 0 aliphatic carbocycles. The third kappa shape index (κ3) is 3.46. The summed E-state index contributed by atoms with van der Waals surface area (Å²) < 4.78 is 5.09. The summed E-state index contributed by atoms with van der Waals surface area (Å²) in [4.78, 5) is 23.6. The van der Waals surface area contributed by atoms with Crippen molar-refractivity contribution in [3.8, 4) is 0 Å². The Morgan fingerprint density at radius 2 is 1.83 bits per heavy atom. The summed E-state index contributed by atoms with van der Waals surface area (Å²) in [6.45, 7) is 8.77. The van der Waals surface area contributed by atoms with Crippen molar-refractivity contribution in [2.45, 2.75) is 40.2 Å². The number of amides is 1. The van der Waals surface area contributed by atoms with Crippen LogP contribution in [0.5, 0.6) is 0 Å². The van der Waals surface area contributed by atoms with E-state index < -0.39 is 17.7 Å². The second-order valence-corrected chi connectivity index (χ2v) is 6.14. The molecule has 5 nitrogen and oxygen atoms in total. The molecule has 0 saturated heterocycles. The third-order valence-electron chi connectivity index (χ3n) is 2.21. The zero-order valence-electron chi connectivity index (χ0n) is 11.1. The Kier molecular flexibility index (Phi) is 4.01. The molecule has 0 aliphatic rings. The molecule has 6 heteroatoms.